The minimum absolute atomic E-state index is 0.0359. The minimum Gasteiger partial charge on any atom is -0.375 e. The highest BCUT2D eigenvalue weighted by molar-refractivity contribution is 6.88. The average molecular weight is 525 g/mol. The SMILES string of the molecule is Cc1cc(C)c2c(c1)c1cc(C)cc(C)c1n2B1c2ccccc2-n2c3cnc4ccccc4c3c3cccc1c32. The standard InChI is InChI=1S/C37H28BN3/c1-21-16-23(3)35-27(18-21)28-19-22(2)17-24(4)36(28)41(35)38-29-12-6-8-15-32(29)40-33-20-39-31-14-7-5-10-25(31)34(33)26-11-9-13-30(38)37(26)40/h5-20H,1-4H3. The lowest BCUT2D eigenvalue weighted by Crippen LogP contribution is -2.53. The lowest BCUT2D eigenvalue weighted by atomic mass is 9.48. The van der Waals surface area contributed by atoms with Gasteiger partial charge in [0.2, 0.25) is 0 Å². The van der Waals surface area contributed by atoms with Gasteiger partial charge in [0, 0.05) is 43.7 Å². The molecule has 1 aliphatic rings. The van der Waals surface area contributed by atoms with E-state index >= 15 is 0 Å². The number of hydrogen-bond acceptors (Lipinski definition) is 1. The van der Waals surface area contributed by atoms with Gasteiger partial charge in [0.25, 0.3) is 0 Å². The molecule has 0 saturated heterocycles. The highest BCUT2D eigenvalue weighted by Gasteiger charge is 2.36. The Balaban J connectivity index is 1.52. The molecule has 9 rings (SSSR count). The van der Waals surface area contributed by atoms with Crippen LogP contribution in [0.25, 0.3) is 60.2 Å². The van der Waals surface area contributed by atoms with E-state index in [0.717, 1.165) is 11.0 Å². The predicted molar refractivity (Wildman–Crippen MR) is 175 cm³/mol. The molecule has 194 valence electrons. The van der Waals surface area contributed by atoms with E-state index in [1.807, 2.05) is 0 Å². The van der Waals surface area contributed by atoms with Crippen molar-refractivity contribution in [2.75, 3.05) is 0 Å². The molecule has 8 aromatic rings. The molecule has 0 radical (unpaired) electrons. The monoisotopic (exact) mass is 525 g/mol. The summed E-state index contributed by atoms with van der Waals surface area (Å²) >= 11 is 0. The number of hydrogen-bond donors (Lipinski definition) is 0. The fourth-order valence-corrected chi connectivity index (χ4v) is 7.90. The van der Waals surface area contributed by atoms with Crippen molar-refractivity contribution in [3.63, 3.8) is 0 Å². The first-order valence-corrected chi connectivity index (χ1v) is 14.4. The van der Waals surface area contributed by atoms with Gasteiger partial charge in [-0.25, -0.2) is 0 Å². The Kier molecular flexibility index (Phi) is 4.41. The van der Waals surface area contributed by atoms with Crippen LogP contribution in [0.5, 0.6) is 0 Å². The maximum Gasteiger partial charge on any atom is 0.332 e. The van der Waals surface area contributed by atoms with Crippen molar-refractivity contribution in [3.05, 3.63) is 119 Å². The summed E-state index contributed by atoms with van der Waals surface area (Å²) in [5.74, 6) is 0. The maximum atomic E-state index is 4.90. The fraction of sp³-hybridized carbons (Fsp3) is 0.108. The van der Waals surface area contributed by atoms with E-state index in [9.17, 15) is 0 Å². The van der Waals surface area contributed by atoms with E-state index < -0.39 is 0 Å². The number of fused-ring (bicyclic) bond motifs is 10. The third kappa shape index (κ3) is 2.87. The zero-order valence-electron chi connectivity index (χ0n) is 23.7. The molecule has 0 amide bonds. The summed E-state index contributed by atoms with van der Waals surface area (Å²) in [4.78, 5) is 4.90. The Labute approximate surface area is 238 Å². The second kappa shape index (κ2) is 7.89. The van der Waals surface area contributed by atoms with E-state index in [0.29, 0.717) is 0 Å². The molecule has 0 N–H and O–H groups in total. The molecule has 1 aliphatic heterocycles. The molecule has 0 aliphatic carbocycles. The number of nitrogens with zero attached hydrogens (tertiary/aromatic N) is 3. The molecule has 0 atom stereocenters. The number of pyridine rings is 1. The Morgan fingerprint density at radius 3 is 1.98 bits per heavy atom. The van der Waals surface area contributed by atoms with Gasteiger partial charge in [-0.2, -0.15) is 0 Å². The van der Waals surface area contributed by atoms with Crippen molar-refractivity contribution in [2.45, 2.75) is 27.7 Å². The van der Waals surface area contributed by atoms with Crippen LogP contribution in [-0.2, 0) is 0 Å². The van der Waals surface area contributed by atoms with Gasteiger partial charge in [0.15, 0.2) is 0 Å². The summed E-state index contributed by atoms with van der Waals surface area (Å²) in [7, 11) is 0. The molecule has 0 saturated carbocycles. The topological polar surface area (TPSA) is 22.8 Å². The van der Waals surface area contributed by atoms with E-state index in [1.165, 1.54) is 82.3 Å². The highest BCUT2D eigenvalue weighted by Crippen LogP contribution is 2.39. The molecular weight excluding hydrogens is 497 g/mol. The quantitative estimate of drug-likeness (QED) is 0.202. The summed E-state index contributed by atoms with van der Waals surface area (Å²) in [5, 5.41) is 6.46. The summed E-state index contributed by atoms with van der Waals surface area (Å²) < 4.78 is 5.12. The zero-order valence-corrected chi connectivity index (χ0v) is 23.7. The van der Waals surface area contributed by atoms with Crippen LogP contribution in [0.3, 0.4) is 0 Å². The van der Waals surface area contributed by atoms with Crippen LogP contribution < -0.4 is 10.9 Å². The maximum absolute atomic E-state index is 4.90. The van der Waals surface area contributed by atoms with Crippen molar-refractivity contribution in [2.24, 2.45) is 0 Å². The molecule has 4 heterocycles. The van der Waals surface area contributed by atoms with Crippen molar-refractivity contribution in [3.8, 4) is 5.69 Å². The fourth-order valence-electron chi connectivity index (χ4n) is 7.90. The first-order chi connectivity index (χ1) is 20.0. The summed E-state index contributed by atoms with van der Waals surface area (Å²) in [5.41, 5.74) is 15.3. The van der Waals surface area contributed by atoms with Crippen LogP contribution in [0.2, 0.25) is 0 Å². The number of rotatable bonds is 1. The molecule has 41 heavy (non-hydrogen) atoms. The molecule has 5 aromatic carbocycles. The number of para-hydroxylation sites is 3. The number of aryl methyl sites for hydroxylation is 4. The number of aromatic nitrogens is 3. The smallest absolute Gasteiger partial charge is 0.332 e. The predicted octanol–water partition coefficient (Wildman–Crippen LogP) is 7.64. The zero-order chi connectivity index (χ0) is 27.6. The van der Waals surface area contributed by atoms with Crippen molar-refractivity contribution in [1.29, 1.82) is 0 Å². The Bertz CT molecular complexity index is 2360. The minimum atomic E-state index is 0.0359. The van der Waals surface area contributed by atoms with E-state index in [2.05, 4.69) is 134 Å². The lowest BCUT2D eigenvalue weighted by Gasteiger charge is -2.29. The Morgan fingerprint density at radius 2 is 1.22 bits per heavy atom. The molecule has 0 spiro atoms. The molecule has 0 fully saturated rings. The normalized spacial score (nSPS) is 12.8. The van der Waals surface area contributed by atoms with Crippen LogP contribution in [-0.4, -0.2) is 20.9 Å². The molecule has 4 heteroatoms. The molecule has 0 bridgehead atoms. The second-order valence-corrected chi connectivity index (χ2v) is 11.9. The first kappa shape index (κ1) is 22.9. The largest absolute Gasteiger partial charge is 0.375 e. The van der Waals surface area contributed by atoms with Crippen LogP contribution >= 0.6 is 0 Å². The Hall–Kier alpha value is -4.83. The van der Waals surface area contributed by atoms with Crippen molar-refractivity contribution >= 4 is 72.3 Å². The van der Waals surface area contributed by atoms with Gasteiger partial charge in [0.05, 0.1) is 22.7 Å². The molecule has 0 unspecified atom stereocenters. The third-order valence-corrected chi connectivity index (χ3v) is 9.24. The first-order valence-electron chi connectivity index (χ1n) is 14.4. The van der Waals surface area contributed by atoms with Gasteiger partial charge in [-0.15, -0.1) is 0 Å². The van der Waals surface area contributed by atoms with Crippen LogP contribution in [0.4, 0.5) is 0 Å². The van der Waals surface area contributed by atoms with Crippen molar-refractivity contribution in [1.82, 2.24) is 14.0 Å². The highest BCUT2D eigenvalue weighted by atomic mass is 15.0. The average Bonchev–Trinajstić information content (AvgIpc) is 3.48. The van der Waals surface area contributed by atoms with Crippen LogP contribution in [0, 0.1) is 27.7 Å². The van der Waals surface area contributed by atoms with Gasteiger partial charge in [-0.05, 0) is 74.0 Å². The summed E-state index contributed by atoms with van der Waals surface area (Å²) in [6, 6.07) is 33.8. The molecular formula is C37H28BN3. The third-order valence-electron chi connectivity index (χ3n) is 9.24. The van der Waals surface area contributed by atoms with E-state index in [-0.39, 0.29) is 6.85 Å². The lowest BCUT2D eigenvalue weighted by molar-refractivity contribution is 1.17. The number of benzene rings is 5. The molecule has 3 aromatic heterocycles. The van der Waals surface area contributed by atoms with E-state index in [1.54, 1.807) is 0 Å². The van der Waals surface area contributed by atoms with Gasteiger partial charge in [-0.1, -0.05) is 77.9 Å². The van der Waals surface area contributed by atoms with Gasteiger partial charge in [0.1, 0.15) is 0 Å². The summed E-state index contributed by atoms with van der Waals surface area (Å²) in [6.45, 7) is 9.01. The second-order valence-electron chi connectivity index (χ2n) is 11.9. The molecule has 3 nitrogen and oxygen atoms in total. The van der Waals surface area contributed by atoms with Crippen molar-refractivity contribution < 1.29 is 0 Å². The van der Waals surface area contributed by atoms with E-state index in [4.69, 9.17) is 4.98 Å². The van der Waals surface area contributed by atoms with Gasteiger partial charge >= 0.3 is 6.85 Å². The summed E-state index contributed by atoms with van der Waals surface area (Å²) in [6.07, 6.45) is 2.07. The van der Waals surface area contributed by atoms with Gasteiger partial charge < -0.3 is 9.05 Å². The van der Waals surface area contributed by atoms with Crippen LogP contribution in [0.1, 0.15) is 22.3 Å². The Morgan fingerprint density at radius 1 is 0.585 bits per heavy atom. The van der Waals surface area contributed by atoms with Gasteiger partial charge in [-0.3, -0.25) is 4.98 Å². The van der Waals surface area contributed by atoms with Crippen LogP contribution in [0.15, 0.2) is 97.2 Å².